The zero-order valence-corrected chi connectivity index (χ0v) is 28.6. The zero-order chi connectivity index (χ0) is 41.4. The molecule has 0 fully saturated rings. The van der Waals surface area contributed by atoms with Crippen LogP contribution in [0.1, 0.15) is 11.0 Å². The Morgan fingerprint density at radius 1 is 0.365 bits per heavy atom. The SMILES string of the molecule is [2H]c1c([2H])c(N(c2ccccc2-c2cccc3ccccc23)c2c([2H])c([2H])c(-c3cccc4c3sc3ccccc34)c([2H])c2[2H])c([2H])c([2H])c1-c1cccc2ccccc12. The summed E-state index contributed by atoms with van der Waals surface area (Å²) in [7, 11) is 0. The van der Waals surface area contributed by atoms with Crippen LogP contribution in [0.4, 0.5) is 17.1 Å². The highest BCUT2D eigenvalue weighted by Gasteiger charge is 2.19. The molecule has 0 N–H and O–H groups in total. The quantitative estimate of drug-likeness (QED) is 0.168. The first kappa shape index (κ1) is 23.1. The van der Waals surface area contributed by atoms with E-state index in [0.717, 1.165) is 47.3 Å². The van der Waals surface area contributed by atoms with Gasteiger partial charge in [-0.25, -0.2) is 0 Å². The fourth-order valence-electron chi connectivity index (χ4n) is 7.20. The molecule has 0 saturated carbocycles. The number of hydrogen-bond acceptors (Lipinski definition) is 2. The van der Waals surface area contributed by atoms with Crippen molar-refractivity contribution in [3.63, 3.8) is 0 Å². The second kappa shape index (κ2) is 12.7. The molecular weight excluding hydrogens is 647 g/mol. The van der Waals surface area contributed by atoms with Crippen LogP contribution in [0.3, 0.4) is 0 Å². The van der Waals surface area contributed by atoms with E-state index in [1.54, 1.807) is 18.2 Å². The molecule has 0 saturated heterocycles. The van der Waals surface area contributed by atoms with Crippen LogP contribution in [-0.4, -0.2) is 0 Å². The number of hydrogen-bond donors (Lipinski definition) is 0. The molecule has 10 aromatic rings. The number of anilines is 3. The van der Waals surface area contributed by atoms with Gasteiger partial charge >= 0.3 is 0 Å². The van der Waals surface area contributed by atoms with E-state index < -0.39 is 0 Å². The molecule has 0 aliphatic carbocycles. The van der Waals surface area contributed by atoms with Crippen LogP contribution in [-0.2, 0) is 0 Å². The predicted octanol–water partition coefficient (Wildman–Crippen LogP) is 14.8. The molecule has 0 unspecified atom stereocenters. The van der Waals surface area contributed by atoms with Crippen LogP contribution >= 0.6 is 11.3 Å². The summed E-state index contributed by atoms with van der Waals surface area (Å²) < 4.78 is 79.0. The third kappa shape index (κ3) is 5.16. The second-order valence-corrected chi connectivity index (χ2v) is 13.7. The Balaban J connectivity index is 1.28. The molecule has 0 amide bonds. The highest BCUT2D eigenvalue weighted by Crippen LogP contribution is 2.45. The van der Waals surface area contributed by atoms with E-state index in [2.05, 4.69) is 0 Å². The van der Waals surface area contributed by atoms with E-state index in [9.17, 15) is 11.0 Å². The molecule has 0 radical (unpaired) electrons. The topological polar surface area (TPSA) is 3.24 Å². The van der Waals surface area contributed by atoms with Crippen LogP contribution in [0.15, 0.2) is 200 Å². The minimum Gasteiger partial charge on any atom is -0.310 e. The lowest BCUT2D eigenvalue weighted by molar-refractivity contribution is 1.28. The lowest BCUT2D eigenvalue weighted by Crippen LogP contribution is -2.11. The standard InChI is InChI=1S/C50H33NS/c1-3-16-40-34(12-1)14-9-20-41(40)36-26-30-38(31-27-36)51(48-24-7-5-18-45(48)44-22-10-15-35-13-2-4-17-42(35)44)39-32-28-37(29-33-39)43-21-11-23-47-46-19-6-8-25-49(46)52-50(43)47/h1-33H/i26D,27D,28D,29D,30D,31D,32D,33D. The Morgan fingerprint density at radius 3 is 1.54 bits per heavy atom. The average molecular weight is 688 g/mol. The first-order chi connectivity index (χ1) is 29.2. The van der Waals surface area contributed by atoms with Gasteiger partial charge in [0, 0.05) is 37.1 Å². The number of benzene rings is 9. The van der Waals surface area contributed by atoms with Crippen molar-refractivity contribution < 1.29 is 11.0 Å². The molecule has 1 nitrogen and oxygen atoms in total. The fourth-order valence-corrected chi connectivity index (χ4v) is 8.42. The normalized spacial score (nSPS) is 13.6. The number of fused-ring (bicyclic) bond motifs is 5. The maximum atomic E-state index is 9.74. The van der Waals surface area contributed by atoms with E-state index in [1.807, 2.05) is 133 Å². The number of thiophene rings is 1. The van der Waals surface area contributed by atoms with Crippen LogP contribution < -0.4 is 4.90 Å². The maximum Gasteiger partial charge on any atom is 0.0645 e. The van der Waals surface area contributed by atoms with E-state index in [-0.39, 0.29) is 70.8 Å². The lowest BCUT2D eigenvalue weighted by atomic mass is 9.95. The van der Waals surface area contributed by atoms with Gasteiger partial charge < -0.3 is 4.90 Å². The van der Waals surface area contributed by atoms with Crippen molar-refractivity contribution in [1.29, 1.82) is 0 Å². The van der Waals surface area contributed by atoms with Crippen molar-refractivity contribution in [2.75, 3.05) is 4.90 Å². The Kier molecular flexibility index (Phi) is 5.63. The Morgan fingerprint density at radius 2 is 0.827 bits per heavy atom. The minimum atomic E-state index is -0.386. The largest absolute Gasteiger partial charge is 0.310 e. The number of rotatable bonds is 6. The van der Waals surface area contributed by atoms with Crippen molar-refractivity contribution >= 4 is 70.1 Å². The summed E-state index contributed by atoms with van der Waals surface area (Å²) in [6, 6.07) is 45.2. The molecular formula is C50H33NS. The molecule has 9 aromatic carbocycles. The molecule has 1 aromatic heterocycles. The molecule has 0 aliphatic heterocycles. The highest BCUT2D eigenvalue weighted by atomic mass is 32.1. The summed E-state index contributed by atoms with van der Waals surface area (Å²) in [5.74, 6) is 0. The third-order valence-corrected chi connectivity index (χ3v) is 10.8. The van der Waals surface area contributed by atoms with Crippen LogP contribution in [0.2, 0.25) is 0 Å². The van der Waals surface area contributed by atoms with Gasteiger partial charge in [0.05, 0.1) is 16.7 Å². The lowest BCUT2D eigenvalue weighted by Gasteiger charge is -2.28. The predicted molar refractivity (Wildman–Crippen MR) is 225 cm³/mol. The molecule has 0 spiro atoms. The molecule has 0 aliphatic rings. The van der Waals surface area contributed by atoms with Gasteiger partial charge in [-0.3, -0.25) is 0 Å². The average Bonchev–Trinajstić information content (AvgIpc) is 3.67. The summed E-state index contributed by atoms with van der Waals surface area (Å²) in [4.78, 5) is 1.41. The molecule has 52 heavy (non-hydrogen) atoms. The van der Waals surface area contributed by atoms with Crippen molar-refractivity contribution in [3.05, 3.63) is 200 Å². The van der Waals surface area contributed by atoms with Gasteiger partial charge in [-0.05, 0) is 85.7 Å². The maximum absolute atomic E-state index is 9.74. The van der Waals surface area contributed by atoms with Gasteiger partial charge in [0.25, 0.3) is 0 Å². The Bertz CT molecular complexity index is 3330. The van der Waals surface area contributed by atoms with Gasteiger partial charge in [-0.2, -0.15) is 0 Å². The number of nitrogens with zero attached hydrogens (tertiary/aromatic N) is 1. The van der Waals surface area contributed by atoms with E-state index in [4.69, 9.17) is 0 Å². The van der Waals surface area contributed by atoms with Gasteiger partial charge in [0.2, 0.25) is 0 Å². The summed E-state index contributed by atoms with van der Waals surface area (Å²) in [5.41, 5.74) is 2.81. The van der Waals surface area contributed by atoms with Gasteiger partial charge in [0.15, 0.2) is 0 Å². The van der Waals surface area contributed by atoms with Crippen LogP contribution in [0.25, 0.3) is 75.1 Å². The zero-order valence-electron chi connectivity index (χ0n) is 35.8. The molecule has 0 atom stereocenters. The van der Waals surface area contributed by atoms with E-state index in [0.29, 0.717) is 22.4 Å². The minimum absolute atomic E-state index is 0.124. The Hall–Kier alpha value is -6.48. The van der Waals surface area contributed by atoms with Crippen molar-refractivity contribution in [1.82, 2.24) is 0 Å². The fraction of sp³-hybridized carbons (Fsp3) is 0. The summed E-state index contributed by atoms with van der Waals surface area (Å²) in [6.07, 6.45) is 0. The van der Waals surface area contributed by atoms with Crippen LogP contribution in [0.5, 0.6) is 0 Å². The van der Waals surface area contributed by atoms with Gasteiger partial charge in [-0.15, -0.1) is 11.3 Å². The summed E-state index contributed by atoms with van der Waals surface area (Å²) in [6.45, 7) is 0. The molecule has 0 bridgehead atoms. The van der Waals surface area contributed by atoms with Gasteiger partial charge in [-0.1, -0.05) is 164 Å². The smallest absolute Gasteiger partial charge is 0.0645 e. The first-order valence-electron chi connectivity index (χ1n) is 21.1. The summed E-state index contributed by atoms with van der Waals surface area (Å²) >= 11 is 1.53. The van der Waals surface area contributed by atoms with Crippen molar-refractivity contribution in [3.8, 4) is 33.4 Å². The van der Waals surface area contributed by atoms with Crippen molar-refractivity contribution in [2.45, 2.75) is 0 Å². The first-order valence-corrected chi connectivity index (χ1v) is 17.9. The Labute approximate surface area is 318 Å². The second-order valence-electron chi connectivity index (χ2n) is 12.6. The van der Waals surface area contributed by atoms with Crippen LogP contribution in [0, 0.1) is 0 Å². The monoisotopic (exact) mass is 687 g/mol. The summed E-state index contributed by atoms with van der Waals surface area (Å²) in [5, 5.41) is 5.55. The van der Waals surface area contributed by atoms with E-state index in [1.165, 1.54) is 16.2 Å². The molecule has 1 heterocycles. The third-order valence-electron chi connectivity index (χ3n) is 9.63. The highest BCUT2D eigenvalue weighted by molar-refractivity contribution is 7.26. The molecule has 244 valence electrons. The van der Waals surface area contributed by atoms with Gasteiger partial charge in [0.1, 0.15) is 0 Å². The van der Waals surface area contributed by atoms with E-state index >= 15 is 0 Å². The van der Waals surface area contributed by atoms with Crippen molar-refractivity contribution in [2.24, 2.45) is 0 Å². The number of para-hydroxylation sites is 1. The molecule has 2 heteroatoms. The molecule has 10 rings (SSSR count).